The third kappa shape index (κ3) is 4.57. The first-order valence-corrected chi connectivity index (χ1v) is 6.39. The number of carbonyl (C=O) groups excluding carboxylic acids is 1. The van der Waals surface area contributed by atoms with Gasteiger partial charge in [0.25, 0.3) is 0 Å². The number of hydrogen-bond acceptors (Lipinski definition) is 3. The summed E-state index contributed by atoms with van der Waals surface area (Å²) < 4.78 is 5.08. The van der Waals surface area contributed by atoms with E-state index in [1.807, 2.05) is 0 Å². The van der Waals surface area contributed by atoms with Crippen molar-refractivity contribution in [3.63, 3.8) is 0 Å². The number of rotatable bonds is 5. The van der Waals surface area contributed by atoms with Crippen LogP contribution < -0.4 is 10.1 Å². The van der Waals surface area contributed by atoms with Gasteiger partial charge in [-0.25, -0.2) is 4.79 Å². The molecule has 5 nitrogen and oxygen atoms in total. The van der Waals surface area contributed by atoms with Crippen LogP contribution in [0, 0.1) is 5.41 Å². The van der Waals surface area contributed by atoms with Crippen LogP contribution in [0.4, 0.5) is 0 Å². The smallest absolute Gasteiger partial charge is 0.326 e. The number of methoxy groups -OCH3 is 1. The standard InChI is InChI=1S/C15H21NO4/c1-15(2,3)13(14(18)19)16-12(17)9-10-6-5-7-11(8-10)20-4/h5-8,13H,9H2,1-4H3,(H,16,17)(H,18,19). The Kier molecular flexibility index (Phi) is 5.13. The van der Waals surface area contributed by atoms with Crippen LogP contribution in [0.2, 0.25) is 0 Å². The summed E-state index contributed by atoms with van der Waals surface area (Å²) in [5.74, 6) is -0.682. The highest BCUT2D eigenvalue weighted by molar-refractivity contribution is 5.85. The van der Waals surface area contributed by atoms with Gasteiger partial charge < -0.3 is 15.2 Å². The summed E-state index contributed by atoms with van der Waals surface area (Å²) in [6.45, 7) is 5.33. The SMILES string of the molecule is COc1cccc(CC(=O)NC(C(=O)O)C(C)(C)C)c1. The Bertz CT molecular complexity index is 491. The van der Waals surface area contributed by atoms with E-state index in [4.69, 9.17) is 4.74 Å². The van der Waals surface area contributed by atoms with Crippen LogP contribution in [-0.2, 0) is 16.0 Å². The van der Waals surface area contributed by atoms with Gasteiger partial charge in [0.1, 0.15) is 11.8 Å². The quantitative estimate of drug-likeness (QED) is 0.862. The number of carboxylic acids is 1. The van der Waals surface area contributed by atoms with Gasteiger partial charge in [-0.05, 0) is 23.1 Å². The fourth-order valence-electron chi connectivity index (χ4n) is 1.83. The summed E-state index contributed by atoms with van der Waals surface area (Å²) in [7, 11) is 1.55. The van der Waals surface area contributed by atoms with Crippen molar-refractivity contribution in [1.82, 2.24) is 5.32 Å². The molecular formula is C15H21NO4. The Balaban J connectivity index is 2.73. The molecule has 0 aliphatic heterocycles. The molecule has 1 unspecified atom stereocenters. The molecule has 1 atom stereocenters. The predicted octanol–water partition coefficient (Wildman–Crippen LogP) is 1.85. The molecule has 2 N–H and O–H groups in total. The average molecular weight is 279 g/mol. The van der Waals surface area contributed by atoms with Crippen molar-refractivity contribution in [2.45, 2.75) is 33.2 Å². The normalized spacial score (nSPS) is 12.6. The lowest BCUT2D eigenvalue weighted by Crippen LogP contribution is -2.49. The van der Waals surface area contributed by atoms with E-state index in [-0.39, 0.29) is 12.3 Å². The van der Waals surface area contributed by atoms with Crippen LogP contribution in [0.25, 0.3) is 0 Å². The Morgan fingerprint density at radius 3 is 2.50 bits per heavy atom. The van der Waals surface area contributed by atoms with E-state index >= 15 is 0 Å². The first-order valence-electron chi connectivity index (χ1n) is 6.39. The lowest BCUT2D eigenvalue weighted by molar-refractivity contribution is -0.144. The number of carbonyl (C=O) groups is 2. The van der Waals surface area contributed by atoms with E-state index in [9.17, 15) is 14.7 Å². The number of aliphatic carboxylic acids is 1. The van der Waals surface area contributed by atoms with E-state index < -0.39 is 17.4 Å². The van der Waals surface area contributed by atoms with Crippen LogP contribution in [0.15, 0.2) is 24.3 Å². The topological polar surface area (TPSA) is 75.6 Å². The first kappa shape index (κ1) is 16.0. The van der Waals surface area contributed by atoms with E-state index in [1.165, 1.54) is 0 Å². The number of carboxylic acid groups (broad SMARTS) is 1. The zero-order chi connectivity index (χ0) is 15.3. The molecule has 1 aromatic carbocycles. The second kappa shape index (κ2) is 6.41. The minimum atomic E-state index is -1.03. The Labute approximate surface area is 118 Å². The third-order valence-electron chi connectivity index (χ3n) is 2.92. The van der Waals surface area contributed by atoms with Gasteiger partial charge in [-0.3, -0.25) is 4.79 Å². The van der Waals surface area contributed by atoms with Crippen LogP contribution in [-0.4, -0.2) is 30.1 Å². The van der Waals surface area contributed by atoms with Crippen LogP contribution in [0.5, 0.6) is 5.75 Å². The zero-order valence-corrected chi connectivity index (χ0v) is 12.3. The molecule has 0 aliphatic carbocycles. The highest BCUT2D eigenvalue weighted by Gasteiger charge is 2.32. The van der Waals surface area contributed by atoms with Crippen molar-refractivity contribution in [3.8, 4) is 5.75 Å². The fourth-order valence-corrected chi connectivity index (χ4v) is 1.83. The average Bonchev–Trinajstić information content (AvgIpc) is 2.34. The maximum Gasteiger partial charge on any atom is 0.326 e. The molecule has 20 heavy (non-hydrogen) atoms. The predicted molar refractivity (Wildman–Crippen MR) is 75.7 cm³/mol. The monoisotopic (exact) mass is 279 g/mol. The van der Waals surface area contributed by atoms with Crippen molar-refractivity contribution in [1.29, 1.82) is 0 Å². The fraction of sp³-hybridized carbons (Fsp3) is 0.467. The second-order valence-corrected chi connectivity index (χ2v) is 5.73. The largest absolute Gasteiger partial charge is 0.497 e. The van der Waals surface area contributed by atoms with Gasteiger partial charge in [-0.2, -0.15) is 0 Å². The van der Waals surface area contributed by atoms with Crippen LogP contribution >= 0.6 is 0 Å². The Morgan fingerprint density at radius 1 is 1.35 bits per heavy atom. The number of benzene rings is 1. The summed E-state index contributed by atoms with van der Waals surface area (Å²) in [4.78, 5) is 23.2. The molecule has 0 heterocycles. The van der Waals surface area contributed by atoms with Gasteiger partial charge in [0.05, 0.1) is 13.5 Å². The molecule has 0 saturated carbocycles. The number of nitrogens with one attached hydrogen (secondary N) is 1. The molecule has 0 aromatic heterocycles. The molecule has 1 rings (SSSR count). The van der Waals surface area contributed by atoms with E-state index in [0.717, 1.165) is 5.56 Å². The lowest BCUT2D eigenvalue weighted by atomic mass is 9.86. The molecule has 0 saturated heterocycles. The molecule has 5 heteroatoms. The molecule has 1 aromatic rings. The third-order valence-corrected chi connectivity index (χ3v) is 2.92. The zero-order valence-electron chi connectivity index (χ0n) is 12.3. The van der Waals surface area contributed by atoms with Gasteiger partial charge in [0.2, 0.25) is 5.91 Å². The molecule has 0 radical (unpaired) electrons. The first-order chi connectivity index (χ1) is 9.24. The number of amides is 1. The van der Waals surface area contributed by atoms with Gasteiger partial charge in [-0.15, -0.1) is 0 Å². The van der Waals surface area contributed by atoms with Crippen LogP contribution in [0.1, 0.15) is 26.3 Å². The van der Waals surface area contributed by atoms with Crippen molar-refractivity contribution in [2.75, 3.05) is 7.11 Å². The van der Waals surface area contributed by atoms with Crippen molar-refractivity contribution >= 4 is 11.9 Å². The van der Waals surface area contributed by atoms with E-state index in [0.29, 0.717) is 5.75 Å². The van der Waals surface area contributed by atoms with Gasteiger partial charge in [0.15, 0.2) is 0 Å². The summed E-state index contributed by atoms with van der Waals surface area (Å²) >= 11 is 0. The maximum absolute atomic E-state index is 12.0. The van der Waals surface area contributed by atoms with Gasteiger partial charge in [-0.1, -0.05) is 32.9 Å². The highest BCUT2D eigenvalue weighted by Crippen LogP contribution is 2.20. The van der Waals surface area contributed by atoms with E-state index in [2.05, 4.69) is 5.32 Å². The molecule has 110 valence electrons. The van der Waals surface area contributed by atoms with Gasteiger partial charge >= 0.3 is 5.97 Å². The van der Waals surface area contributed by atoms with Crippen molar-refractivity contribution < 1.29 is 19.4 Å². The van der Waals surface area contributed by atoms with Gasteiger partial charge in [0, 0.05) is 0 Å². The molecule has 0 fully saturated rings. The van der Waals surface area contributed by atoms with Crippen molar-refractivity contribution in [3.05, 3.63) is 29.8 Å². The second-order valence-electron chi connectivity index (χ2n) is 5.73. The molecule has 0 bridgehead atoms. The lowest BCUT2D eigenvalue weighted by Gasteiger charge is -2.27. The number of hydrogen-bond donors (Lipinski definition) is 2. The summed E-state index contributed by atoms with van der Waals surface area (Å²) in [5, 5.41) is 11.7. The Hall–Kier alpha value is -2.04. The number of ether oxygens (including phenoxy) is 1. The minimum absolute atomic E-state index is 0.122. The van der Waals surface area contributed by atoms with Crippen molar-refractivity contribution in [2.24, 2.45) is 5.41 Å². The summed E-state index contributed by atoms with van der Waals surface area (Å²) in [6.07, 6.45) is 0.122. The minimum Gasteiger partial charge on any atom is -0.497 e. The maximum atomic E-state index is 12.0. The molecule has 1 amide bonds. The Morgan fingerprint density at radius 2 is 2.00 bits per heavy atom. The van der Waals surface area contributed by atoms with Crippen LogP contribution in [0.3, 0.4) is 0 Å². The molecule has 0 aliphatic rings. The highest BCUT2D eigenvalue weighted by atomic mass is 16.5. The summed E-state index contributed by atoms with van der Waals surface area (Å²) in [5.41, 5.74) is 0.232. The van der Waals surface area contributed by atoms with E-state index in [1.54, 1.807) is 52.1 Å². The summed E-state index contributed by atoms with van der Waals surface area (Å²) in [6, 6.07) is 6.22. The molecular weight excluding hydrogens is 258 g/mol. The molecule has 0 spiro atoms.